The summed E-state index contributed by atoms with van der Waals surface area (Å²) in [4.78, 5) is 0. The molecule has 2 aliphatic rings. The Balaban J connectivity index is 1.96. The molecule has 3 rings (SSSR count). The Morgan fingerprint density at radius 2 is 1.72 bits per heavy atom. The lowest BCUT2D eigenvalue weighted by atomic mass is 9.64. The van der Waals surface area contributed by atoms with Crippen LogP contribution >= 0.6 is 0 Å². The molecule has 3 N–H and O–H groups in total. The zero-order valence-corrected chi connectivity index (χ0v) is 11.1. The minimum atomic E-state index is 0.287. The van der Waals surface area contributed by atoms with E-state index in [-0.39, 0.29) is 5.41 Å². The van der Waals surface area contributed by atoms with Crippen LogP contribution in [0.5, 0.6) is 0 Å². The molecule has 2 heteroatoms. The molecule has 18 heavy (non-hydrogen) atoms. The van der Waals surface area contributed by atoms with Crippen molar-refractivity contribution in [1.29, 1.82) is 0 Å². The van der Waals surface area contributed by atoms with Crippen molar-refractivity contribution in [3.8, 4) is 0 Å². The van der Waals surface area contributed by atoms with E-state index in [1.54, 1.807) is 0 Å². The first-order valence-corrected chi connectivity index (χ1v) is 7.38. The summed E-state index contributed by atoms with van der Waals surface area (Å²) in [6.45, 7) is 0. The first-order valence-electron chi connectivity index (χ1n) is 7.38. The van der Waals surface area contributed by atoms with Crippen LogP contribution in [0.4, 0.5) is 0 Å². The average molecular weight is 244 g/mol. The van der Waals surface area contributed by atoms with Crippen LogP contribution in [-0.2, 0) is 5.41 Å². The number of nitrogens with two attached hydrogens (primary N) is 1. The number of nitrogens with one attached hydrogen (secondary N) is 1. The highest BCUT2D eigenvalue weighted by molar-refractivity contribution is 5.29. The Kier molecular flexibility index (Phi) is 3.40. The Morgan fingerprint density at radius 3 is 2.28 bits per heavy atom. The molecule has 2 saturated carbocycles. The third-order valence-electron chi connectivity index (χ3n) is 4.96. The van der Waals surface area contributed by atoms with Gasteiger partial charge in [-0.2, -0.15) is 0 Å². The van der Waals surface area contributed by atoms with E-state index in [4.69, 9.17) is 5.84 Å². The molecule has 0 saturated heterocycles. The molecular formula is C16H24N2. The van der Waals surface area contributed by atoms with Gasteiger partial charge >= 0.3 is 0 Å². The SMILES string of the molecule is NNC(C1CC1)C1(c2ccccc2)CCCCC1. The van der Waals surface area contributed by atoms with E-state index in [0.29, 0.717) is 6.04 Å². The van der Waals surface area contributed by atoms with Crippen molar-refractivity contribution in [3.63, 3.8) is 0 Å². The summed E-state index contributed by atoms with van der Waals surface area (Å²) in [6, 6.07) is 11.5. The lowest BCUT2D eigenvalue weighted by molar-refractivity contribution is 0.195. The van der Waals surface area contributed by atoms with Gasteiger partial charge < -0.3 is 0 Å². The summed E-state index contributed by atoms with van der Waals surface area (Å²) in [6.07, 6.45) is 9.37. The van der Waals surface area contributed by atoms with Gasteiger partial charge in [-0.3, -0.25) is 11.3 Å². The van der Waals surface area contributed by atoms with Gasteiger partial charge in [0.2, 0.25) is 0 Å². The Labute approximate surface area is 110 Å². The van der Waals surface area contributed by atoms with Crippen LogP contribution < -0.4 is 11.3 Å². The zero-order valence-electron chi connectivity index (χ0n) is 11.1. The molecule has 1 atom stereocenters. The van der Waals surface area contributed by atoms with Crippen molar-refractivity contribution in [3.05, 3.63) is 35.9 Å². The quantitative estimate of drug-likeness (QED) is 0.631. The lowest BCUT2D eigenvalue weighted by Crippen LogP contribution is -2.53. The van der Waals surface area contributed by atoms with E-state index in [1.165, 1.54) is 50.5 Å². The number of hydrogen-bond donors (Lipinski definition) is 2. The minimum absolute atomic E-state index is 0.287. The second-order valence-corrected chi connectivity index (χ2v) is 6.06. The molecular weight excluding hydrogens is 220 g/mol. The normalized spacial score (nSPS) is 24.7. The molecule has 0 aliphatic heterocycles. The molecule has 0 amide bonds. The summed E-state index contributed by atoms with van der Waals surface area (Å²) >= 11 is 0. The van der Waals surface area contributed by atoms with Crippen molar-refractivity contribution in [1.82, 2.24) is 5.43 Å². The minimum Gasteiger partial charge on any atom is -0.271 e. The number of hydrazine groups is 1. The molecule has 1 aromatic carbocycles. The van der Waals surface area contributed by atoms with Gasteiger partial charge in [-0.15, -0.1) is 0 Å². The van der Waals surface area contributed by atoms with Crippen LogP contribution in [0.3, 0.4) is 0 Å². The van der Waals surface area contributed by atoms with E-state index in [0.717, 1.165) is 5.92 Å². The first kappa shape index (κ1) is 12.2. The molecule has 0 heterocycles. The van der Waals surface area contributed by atoms with Gasteiger partial charge in [0, 0.05) is 11.5 Å². The van der Waals surface area contributed by atoms with Gasteiger partial charge in [-0.25, -0.2) is 0 Å². The maximum absolute atomic E-state index is 5.92. The Bertz CT molecular complexity index is 377. The highest BCUT2D eigenvalue weighted by Gasteiger charge is 2.47. The van der Waals surface area contributed by atoms with Crippen LogP contribution in [0.2, 0.25) is 0 Å². The molecule has 2 aliphatic carbocycles. The number of hydrogen-bond acceptors (Lipinski definition) is 2. The number of benzene rings is 1. The fourth-order valence-electron chi connectivity index (χ4n) is 3.91. The van der Waals surface area contributed by atoms with Gasteiger partial charge in [-0.1, -0.05) is 49.6 Å². The predicted octanol–water partition coefficient (Wildman–Crippen LogP) is 3.13. The summed E-state index contributed by atoms with van der Waals surface area (Å²) in [5.41, 5.74) is 4.96. The van der Waals surface area contributed by atoms with Gasteiger partial charge in [0.1, 0.15) is 0 Å². The standard InChI is InChI=1S/C16H24N2/c17-18-15(13-9-10-13)16(11-5-2-6-12-16)14-7-3-1-4-8-14/h1,3-4,7-8,13,15,18H,2,5-6,9-12,17H2. The van der Waals surface area contributed by atoms with Gasteiger partial charge in [0.05, 0.1) is 0 Å². The summed E-state index contributed by atoms with van der Waals surface area (Å²) in [5, 5.41) is 0. The van der Waals surface area contributed by atoms with Crippen LogP contribution in [0, 0.1) is 5.92 Å². The third-order valence-corrected chi connectivity index (χ3v) is 4.96. The molecule has 0 spiro atoms. The van der Waals surface area contributed by atoms with Crippen LogP contribution in [-0.4, -0.2) is 6.04 Å². The van der Waals surface area contributed by atoms with E-state index in [9.17, 15) is 0 Å². The lowest BCUT2D eigenvalue weighted by Gasteiger charge is -2.44. The second kappa shape index (κ2) is 5.02. The van der Waals surface area contributed by atoms with Crippen LogP contribution in [0.15, 0.2) is 30.3 Å². The Hall–Kier alpha value is -0.860. The second-order valence-electron chi connectivity index (χ2n) is 6.06. The first-order chi connectivity index (χ1) is 8.87. The monoisotopic (exact) mass is 244 g/mol. The molecule has 1 aromatic rings. The summed E-state index contributed by atoms with van der Waals surface area (Å²) in [7, 11) is 0. The van der Waals surface area contributed by atoms with Crippen molar-refractivity contribution < 1.29 is 0 Å². The molecule has 0 bridgehead atoms. The largest absolute Gasteiger partial charge is 0.271 e. The highest BCUT2D eigenvalue weighted by atomic mass is 15.2. The van der Waals surface area contributed by atoms with E-state index < -0.39 is 0 Å². The molecule has 2 fully saturated rings. The number of rotatable bonds is 4. The van der Waals surface area contributed by atoms with E-state index >= 15 is 0 Å². The van der Waals surface area contributed by atoms with Crippen molar-refractivity contribution in [2.45, 2.75) is 56.4 Å². The molecule has 0 aromatic heterocycles. The van der Waals surface area contributed by atoms with E-state index in [2.05, 4.69) is 35.8 Å². The Morgan fingerprint density at radius 1 is 1.06 bits per heavy atom. The van der Waals surface area contributed by atoms with Gasteiger partial charge in [-0.05, 0) is 37.2 Å². The van der Waals surface area contributed by atoms with Crippen LogP contribution in [0.25, 0.3) is 0 Å². The predicted molar refractivity (Wildman–Crippen MR) is 75.0 cm³/mol. The van der Waals surface area contributed by atoms with Crippen LogP contribution in [0.1, 0.15) is 50.5 Å². The molecule has 1 unspecified atom stereocenters. The highest BCUT2D eigenvalue weighted by Crippen LogP contribution is 2.49. The molecule has 2 nitrogen and oxygen atoms in total. The van der Waals surface area contributed by atoms with Crippen molar-refractivity contribution >= 4 is 0 Å². The average Bonchev–Trinajstić information content (AvgIpc) is 3.26. The van der Waals surface area contributed by atoms with E-state index in [1.807, 2.05) is 0 Å². The summed E-state index contributed by atoms with van der Waals surface area (Å²) < 4.78 is 0. The zero-order chi connectivity index (χ0) is 12.4. The fraction of sp³-hybridized carbons (Fsp3) is 0.625. The molecule has 98 valence electrons. The maximum Gasteiger partial charge on any atom is 0.0335 e. The maximum atomic E-state index is 5.92. The molecule has 0 radical (unpaired) electrons. The third kappa shape index (κ3) is 2.08. The topological polar surface area (TPSA) is 38.0 Å². The smallest absolute Gasteiger partial charge is 0.0335 e. The van der Waals surface area contributed by atoms with Gasteiger partial charge in [0.15, 0.2) is 0 Å². The summed E-state index contributed by atoms with van der Waals surface area (Å²) in [5.74, 6) is 6.72. The van der Waals surface area contributed by atoms with Crippen molar-refractivity contribution in [2.24, 2.45) is 11.8 Å². The van der Waals surface area contributed by atoms with Crippen molar-refractivity contribution in [2.75, 3.05) is 0 Å². The fourth-order valence-corrected chi connectivity index (χ4v) is 3.91. The van der Waals surface area contributed by atoms with Gasteiger partial charge in [0.25, 0.3) is 0 Å².